The number of phenolic OH excluding ortho intramolecular Hbond substituents is 1. The van der Waals surface area contributed by atoms with E-state index in [9.17, 15) is 5.11 Å². The van der Waals surface area contributed by atoms with E-state index in [1.807, 2.05) is 20.8 Å². The Labute approximate surface area is 131 Å². The van der Waals surface area contributed by atoms with Gasteiger partial charge in [-0.2, -0.15) is 0 Å². The maximum absolute atomic E-state index is 9.88. The molecule has 0 fully saturated rings. The number of hydrogen-bond donors (Lipinski definition) is 1. The van der Waals surface area contributed by atoms with Gasteiger partial charge >= 0.3 is 0 Å². The lowest BCUT2D eigenvalue weighted by Crippen LogP contribution is -1.82. The van der Waals surface area contributed by atoms with E-state index in [1.54, 1.807) is 12.1 Å². The van der Waals surface area contributed by atoms with Crippen molar-refractivity contribution < 1.29 is 5.11 Å². The van der Waals surface area contributed by atoms with E-state index in [0.29, 0.717) is 5.69 Å². The first kappa shape index (κ1) is 15.0. The fraction of sp³-hybridized carbons (Fsp3) is 0.200. The van der Waals surface area contributed by atoms with Gasteiger partial charge in [0.1, 0.15) is 5.69 Å². The van der Waals surface area contributed by atoms with Crippen LogP contribution in [0.4, 0.5) is 11.4 Å². The number of aromatic hydroxyl groups is 1. The second kappa shape index (κ2) is 5.94. The van der Waals surface area contributed by atoms with Gasteiger partial charge < -0.3 is 5.11 Å². The van der Waals surface area contributed by atoms with Gasteiger partial charge in [-0.15, -0.1) is 10.2 Å². The van der Waals surface area contributed by atoms with Crippen LogP contribution in [0.2, 0.25) is 5.02 Å². The van der Waals surface area contributed by atoms with Gasteiger partial charge in [-0.3, -0.25) is 0 Å². The average molecular weight is 354 g/mol. The van der Waals surface area contributed by atoms with Gasteiger partial charge in [-0.1, -0.05) is 45.2 Å². The minimum atomic E-state index is -0.0685. The van der Waals surface area contributed by atoms with Gasteiger partial charge in [0, 0.05) is 4.47 Å². The van der Waals surface area contributed by atoms with Gasteiger partial charge in [-0.05, 0) is 44.0 Å². The van der Waals surface area contributed by atoms with Crippen LogP contribution in [-0.2, 0) is 0 Å². The Bertz CT molecular complexity index is 676. The van der Waals surface area contributed by atoms with E-state index < -0.39 is 0 Å². The topological polar surface area (TPSA) is 45.0 Å². The van der Waals surface area contributed by atoms with E-state index in [2.05, 4.69) is 38.3 Å². The molecule has 0 aliphatic heterocycles. The summed E-state index contributed by atoms with van der Waals surface area (Å²) in [7, 11) is 0. The summed E-state index contributed by atoms with van der Waals surface area (Å²) in [5.41, 5.74) is 4.43. The van der Waals surface area contributed by atoms with Crippen molar-refractivity contribution in [3.63, 3.8) is 0 Å². The predicted molar refractivity (Wildman–Crippen MR) is 85.6 cm³/mol. The minimum Gasteiger partial charge on any atom is -0.504 e. The predicted octanol–water partition coefficient (Wildman–Crippen LogP) is 6.15. The normalized spacial score (nSPS) is 11.2. The highest BCUT2D eigenvalue weighted by Gasteiger charge is 2.08. The molecule has 0 bridgehead atoms. The zero-order chi connectivity index (χ0) is 14.9. The average Bonchev–Trinajstić information content (AvgIpc) is 2.33. The molecule has 5 heteroatoms. The van der Waals surface area contributed by atoms with Crippen LogP contribution < -0.4 is 0 Å². The molecule has 0 amide bonds. The van der Waals surface area contributed by atoms with Crippen molar-refractivity contribution >= 4 is 38.9 Å². The first-order valence-corrected chi connectivity index (χ1v) is 7.23. The fourth-order valence-corrected chi connectivity index (χ4v) is 2.85. The summed E-state index contributed by atoms with van der Waals surface area (Å²) in [6, 6.07) is 7.38. The van der Waals surface area contributed by atoms with Crippen molar-refractivity contribution in [3.05, 3.63) is 50.5 Å². The van der Waals surface area contributed by atoms with Crippen molar-refractivity contribution in [3.8, 4) is 5.75 Å². The maximum Gasteiger partial charge on any atom is 0.161 e. The smallest absolute Gasteiger partial charge is 0.161 e. The Kier molecular flexibility index (Phi) is 4.45. The molecule has 0 heterocycles. The minimum absolute atomic E-state index is 0.0685. The number of hydrogen-bond acceptors (Lipinski definition) is 3. The van der Waals surface area contributed by atoms with Gasteiger partial charge in [0.2, 0.25) is 0 Å². The van der Waals surface area contributed by atoms with Crippen molar-refractivity contribution in [2.45, 2.75) is 20.8 Å². The Balaban J connectivity index is 2.45. The lowest BCUT2D eigenvalue weighted by atomic mass is 10.1. The Morgan fingerprint density at radius 1 is 1.00 bits per heavy atom. The van der Waals surface area contributed by atoms with Crippen LogP contribution in [0.3, 0.4) is 0 Å². The lowest BCUT2D eigenvalue weighted by Gasteiger charge is -2.06. The Morgan fingerprint density at radius 3 is 2.20 bits per heavy atom. The Hall–Kier alpha value is -1.39. The number of halogens is 2. The molecule has 0 aliphatic rings. The van der Waals surface area contributed by atoms with Crippen LogP contribution in [0.25, 0.3) is 0 Å². The van der Waals surface area contributed by atoms with E-state index in [1.165, 1.54) is 5.56 Å². The summed E-state index contributed by atoms with van der Waals surface area (Å²) in [6.07, 6.45) is 0. The van der Waals surface area contributed by atoms with E-state index >= 15 is 0 Å². The highest BCUT2D eigenvalue weighted by Crippen LogP contribution is 2.38. The molecule has 0 aromatic heterocycles. The van der Waals surface area contributed by atoms with Crippen LogP contribution in [0.15, 0.2) is 39.0 Å². The van der Waals surface area contributed by atoms with Crippen LogP contribution in [0.1, 0.15) is 16.7 Å². The zero-order valence-electron chi connectivity index (χ0n) is 11.4. The molecule has 0 aliphatic carbocycles. The molecule has 1 N–H and O–H groups in total. The molecule has 0 unspecified atom stereocenters. The molecule has 0 saturated carbocycles. The van der Waals surface area contributed by atoms with Gasteiger partial charge in [0.15, 0.2) is 5.75 Å². The zero-order valence-corrected chi connectivity index (χ0v) is 13.7. The largest absolute Gasteiger partial charge is 0.504 e. The van der Waals surface area contributed by atoms with E-state index in [4.69, 9.17) is 11.6 Å². The van der Waals surface area contributed by atoms with Crippen LogP contribution in [-0.4, -0.2) is 5.11 Å². The fourth-order valence-electron chi connectivity index (χ4n) is 2.06. The monoisotopic (exact) mass is 352 g/mol. The molecule has 2 aromatic rings. The SMILES string of the molecule is Cc1cc(C)c(N=Nc2cc(Br)cc(Cl)c2O)c(C)c1. The second-order valence-electron chi connectivity index (χ2n) is 4.70. The van der Waals surface area contributed by atoms with Gasteiger partial charge in [-0.25, -0.2) is 0 Å². The standard InChI is InChI=1S/C15H14BrClN2O/c1-8-4-9(2)14(10(3)5-8)19-18-13-7-11(16)6-12(17)15(13)20/h4-7,20H,1-3H3. The summed E-state index contributed by atoms with van der Waals surface area (Å²) in [5.74, 6) is -0.0685. The molecule has 0 radical (unpaired) electrons. The third-order valence-corrected chi connectivity index (χ3v) is 3.65. The summed E-state index contributed by atoms with van der Waals surface area (Å²) >= 11 is 9.22. The van der Waals surface area contributed by atoms with Gasteiger partial charge in [0.25, 0.3) is 0 Å². The molecular weight excluding hydrogens is 340 g/mol. The summed E-state index contributed by atoms with van der Waals surface area (Å²) in [6.45, 7) is 6.02. The van der Waals surface area contributed by atoms with E-state index in [-0.39, 0.29) is 10.8 Å². The maximum atomic E-state index is 9.88. The number of aryl methyl sites for hydroxylation is 3. The van der Waals surface area contributed by atoms with Gasteiger partial charge in [0.05, 0.1) is 10.7 Å². The van der Waals surface area contributed by atoms with Crippen molar-refractivity contribution in [2.24, 2.45) is 10.2 Å². The summed E-state index contributed by atoms with van der Waals surface area (Å²) in [5, 5.41) is 18.5. The number of benzene rings is 2. The number of nitrogens with zero attached hydrogens (tertiary/aromatic N) is 2. The number of azo groups is 1. The molecular formula is C15H14BrClN2O. The third-order valence-electron chi connectivity index (χ3n) is 2.90. The third kappa shape index (κ3) is 3.19. The molecule has 0 saturated heterocycles. The summed E-state index contributed by atoms with van der Waals surface area (Å²) in [4.78, 5) is 0. The van der Waals surface area contributed by atoms with Crippen LogP contribution >= 0.6 is 27.5 Å². The first-order chi connectivity index (χ1) is 9.38. The quantitative estimate of drug-likeness (QED) is 0.647. The summed E-state index contributed by atoms with van der Waals surface area (Å²) < 4.78 is 0.742. The number of rotatable bonds is 2. The highest BCUT2D eigenvalue weighted by atomic mass is 79.9. The highest BCUT2D eigenvalue weighted by molar-refractivity contribution is 9.10. The molecule has 0 atom stereocenters. The molecule has 2 rings (SSSR count). The molecule has 2 aromatic carbocycles. The molecule has 104 valence electrons. The second-order valence-corrected chi connectivity index (χ2v) is 6.03. The number of phenols is 1. The molecule has 20 heavy (non-hydrogen) atoms. The van der Waals surface area contributed by atoms with Crippen molar-refractivity contribution in [1.29, 1.82) is 0 Å². The Morgan fingerprint density at radius 2 is 1.60 bits per heavy atom. The molecule has 3 nitrogen and oxygen atoms in total. The first-order valence-electron chi connectivity index (χ1n) is 6.06. The van der Waals surface area contributed by atoms with Crippen molar-refractivity contribution in [2.75, 3.05) is 0 Å². The molecule has 0 spiro atoms. The van der Waals surface area contributed by atoms with Crippen molar-refractivity contribution in [1.82, 2.24) is 0 Å². The van der Waals surface area contributed by atoms with Crippen LogP contribution in [0, 0.1) is 20.8 Å². The lowest BCUT2D eigenvalue weighted by molar-refractivity contribution is 0.476. The van der Waals surface area contributed by atoms with Crippen LogP contribution in [0.5, 0.6) is 5.75 Å². The van der Waals surface area contributed by atoms with E-state index in [0.717, 1.165) is 21.3 Å².